The van der Waals surface area contributed by atoms with Crippen molar-refractivity contribution in [2.24, 2.45) is 5.92 Å². The zero-order valence-electron chi connectivity index (χ0n) is 17.8. The molecule has 0 radical (unpaired) electrons. The fraction of sp³-hybridized carbons (Fsp3) is 0.520. The van der Waals surface area contributed by atoms with Gasteiger partial charge in [0.15, 0.2) is 5.82 Å². The molecule has 1 aromatic carbocycles. The number of nitriles is 1. The third-order valence-electron chi connectivity index (χ3n) is 5.97. The van der Waals surface area contributed by atoms with Gasteiger partial charge < -0.3 is 4.74 Å². The molecular weight excluding hydrogens is 374 g/mol. The van der Waals surface area contributed by atoms with Crippen molar-refractivity contribution >= 4 is 5.97 Å². The average molecular weight is 406 g/mol. The number of rotatable bonds is 9. The Bertz CT molecular complexity index is 849. The average Bonchev–Trinajstić information content (AvgIpc) is 2.79. The first-order valence-corrected chi connectivity index (χ1v) is 11.2. The molecule has 0 bridgehead atoms. The van der Waals surface area contributed by atoms with E-state index in [0.29, 0.717) is 17.5 Å². The van der Waals surface area contributed by atoms with Crippen LogP contribution in [0.5, 0.6) is 5.75 Å². The van der Waals surface area contributed by atoms with Crippen LogP contribution >= 0.6 is 0 Å². The van der Waals surface area contributed by atoms with Crippen molar-refractivity contribution < 1.29 is 9.53 Å². The molecule has 1 aliphatic carbocycles. The van der Waals surface area contributed by atoms with E-state index in [-0.39, 0.29) is 12.8 Å². The zero-order valence-corrected chi connectivity index (χ0v) is 17.8. The Kier molecular flexibility index (Phi) is 8.38. The van der Waals surface area contributed by atoms with Gasteiger partial charge >= 0.3 is 5.97 Å². The molecular formula is C25H31N3O2. The second-order valence-corrected chi connectivity index (χ2v) is 8.21. The number of ether oxygens (including phenoxy) is 1. The lowest BCUT2D eigenvalue weighted by molar-refractivity contribution is -0.134. The number of esters is 1. The first-order valence-electron chi connectivity index (χ1n) is 11.2. The molecule has 3 rings (SSSR count). The Labute approximate surface area is 179 Å². The van der Waals surface area contributed by atoms with Gasteiger partial charge in [-0.25, -0.2) is 9.97 Å². The first kappa shape index (κ1) is 22.0. The highest BCUT2D eigenvalue weighted by atomic mass is 16.5. The van der Waals surface area contributed by atoms with Gasteiger partial charge in [0, 0.05) is 24.4 Å². The summed E-state index contributed by atoms with van der Waals surface area (Å²) in [6.07, 6.45) is 14.7. The van der Waals surface area contributed by atoms with Gasteiger partial charge in [0.25, 0.3) is 0 Å². The maximum absolute atomic E-state index is 11.7. The standard InChI is InChI=1S/C25H31N3O2/c1-2-3-4-7-19-11-13-20(14-12-19)22-17-27-25(28-18-22)21-8-5-9-23(16-21)30-24(29)10-6-15-26/h5,8-9,16-20H,2-4,6-7,10-14H2,1H3. The number of hydrogen-bond donors (Lipinski definition) is 0. The molecule has 1 aliphatic rings. The summed E-state index contributed by atoms with van der Waals surface area (Å²) in [5.41, 5.74) is 2.04. The molecule has 0 aliphatic heterocycles. The number of hydrogen-bond acceptors (Lipinski definition) is 5. The topological polar surface area (TPSA) is 75.9 Å². The van der Waals surface area contributed by atoms with E-state index in [1.807, 2.05) is 30.6 Å². The van der Waals surface area contributed by atoms with Crippen molar-refractivity contribution in [2.75, 3.05) is 0 Å². The van der Waals surface area contributed by atoms with Crippen molar-refractivity contribution in [3.05, 3.63) is 42.2 Å². The molecule has 0 saturated heterocycles. The molecule has 1 saturated carbocycles. The Hall–Kier alpha value is -2.74. The predicted octanol–water partition coefficient (Wildman–Crippen LogP) is 6.21. The summed E-state index contributed by atoms with van der Waals surface area (Å²) >= 11 is 0. The van der Waals surface area contributed by atoms with E-state index in [1.165, 1.54) is 56.9 Å². The van der Waals surface area contributed by atoms with Crippen LogP contribution in [0.15, 0.2) is 36.7 Å². The van der Waals surface area contributed by atoms with Gasteiger partial charge in [-0.05, 0) is 55.2 Å². The molecule has 0 atom stereocenters. The van der Waals surface area contributed by atoms with E-state index >= 15 is 0 Å². The Morgan fingerprint density at radius 3 is 2.63 bits per heavy atom. The summed E-state index contributed by atoms with van der Waals surface area (Å²) in [5, 5.41) is 8.57. The van der Waals surface area contributed by atoms with Crippen molar-refractivity contribution in [1.82, 2.24) is 9.97 Å². The van der Waals surface area contributed by atoms with E-state index in [2.05, 4.69) is 16.9 Å². The number of carbonyl (C=O) groups excluding carboxylic acids is 1. The number of benzene rings is 1. The minimum Gasteiger partial charge on any atom is -0.426 e. The molecule has 5 heteroatoms. The molecule has 30 heavy (non-hydrogen) atoms. The highest BCUT2D eigenvalue weighted by Crippen LogP contribution is 2.37. The summed E-state index contributed by atoms with van der Waals surface area (Å²) in [5.74, 6) is 2.13. The van der Waals surface area contributed by atoms with Crippen LogP contribution in [0.2, 0.25) is 0 Å². The van der Waals surface area contributed by atoms with Crippen LogP contribution in [0.1, 0.15) is 82.6 Å². The van der Waals surface area contributed by atoms with Crippen LogP contribution < -0.4 is 4.74 Å². The molecule has 0 N–H and O–H groups in total. The van der Waals surface area contributed by atoms with Crippen molar-refractivity contribution in [3.8, 4) is 23.2 Å². The number of aromatic nitrogens is 2. The van der Waals surface area contributed by atoms with Gasteiger partial charge in [-0.3, -0.25) is 4.79 Å². The molecule has 2 aromatic rings. The molecule has 0 amide bonds. The lowest BCUT2D eigenvalue weighted by Crippen LogP contribution is -2.14. The number of nitrogens with zero attached hydrogens (tertiary/aromatic N) is 3. The third kappa shape index (κ3) is 6.38. The Morgan fingerprint density at radius 1 is 1.17 bits per heavy atom. The number of unbranched alkanes of at least 4 members (excludes halogenated alkanes) is 2. The molecule has 5 nitrogen and oxygen atoms in total. The number of carbonyl (C=O) groups is 1. The summed E-state index contributed by atoms with van der Waals surface area (Å²) in [7, 11) is 0. The highest BCUT2D eigenvalue weighted by molar-refractivity contribution is 5.73. The molecule has 1 aromatic heterocycles. The predicted molar refractivity (Wildman–Crippen MR) is 117 cm³/mol. The fourth-order valence-electron chi connectivity index (χ4n) is 4.20. The second kappa shape index (κ2) is 11.4. The molecule has 0 spiro atoms. The van der Waals surface area contributed by atoms with E-state index in [0.717, 1.165) is 11.5 Å². The minimum absolute atomic E-state index is 0.0901. The van der Waals surface area contributed by atoms with E-state index in [9.17, 15) is 4.79 Å². The maximum Gasteiger partial charge on any atom is 0.312 e. The molecule has 1 heterocycles. The largest absolute Gasteiger partial charge is 0.426 e. The molecule has 158 valence electrons. The quantitative estimate of drug-likeness (QED) is 0.282. The summed E-state index contributed by atoms with van der Waals surface area (Å²) in [6, 6.07) is 9.16. The second-order valence-electron chi connectivity index (χ2n) is 8.21. The summed E-state index contributed by atoms with van der Waals surface area (Å²) in [4.78, 5) is 20.9. The van der Waals surface area contributed by atoms with E-state index < -0.39 is 5.97 Å². The van der Waals surface area contributed by atoms with Gasteiger partial charge in [0.05, 0.1) is 12.5 Å². The monoisotopic (exact) mass is 405 g/mol. The van der Waals surface area contributed by atoms with Crippen LogP contribution in [-0.4, -0.2) is 15.9 Å². The van der Waals surface area contributed by atoms with Gasteiger partial charge in [-0.15, -0.1) is 0 Å². The molecule has 1 fully saturated rings. The highest BCUT2D eigenvalue weighted by Gasteiger charge is 2.22. The third-order valence-corrected chi connectivity index (χ3v) is 5.97. The lowest BCUT2D eigenvalue weighted by atomic mass is 9.77. The van der Waals surface area contributed by atoms with Crippen LogP contribution in [0.25, 0.3) is 11.4 Å². The smallest absolute Gasteiger partial charge is 0.312 e. The first-order chi connectivity index (χ1) is 14.7. The van der Waals surface area contributed by atoms with Crippen LogP contribution in [0.3, 0.4) is 0 Å². The lowest BCUT2D eigenvalue weighted by Gasteiger charge is -2.28. The van der Waals surface area contributed by atoms with Gasteiger partial charge in [0.2, 0.25) is 0 Å². The zero-order chi connectivity index (χ0) is 21.2. The SMILES string of the molecule is CCCCCC1CCC(c2cnc(-c3cccc(OC(=O)CCC#N)c3)nc2)CC1. The van der Waals surface area contributed by atoms with Crippen LogP contribution in [-0.2, 0) is 4.79 Å². The van der Waals surface area contributed by atoms with Crippen molar-refractivity contribution in [1.29, 1.82) is 5.26 Å². The summed E-state index contributed by atoms with van der Waals surface area (Å²) in [6.45, 7) is 2.26. The normalized spacial score (nSPS) is 18.5. The maximum atomic E-state index is 11.7. The minimum atomic E-state index is -0.407. The van der Waals surface area contributed by atoms with Gasteiger partial charge in [-0.1, -0.05) is 44.7 Å². The Balaban J connectivity index is 1.56. The molecule has 0 unspecified atom stereocenters. The van der Waals surface area contributed by atoms with Crippen LogP contribution in [0.4, 0.5) is 0 Å². The van der Waals surface area contributed by atoms with E-state index in [4.69, 9.17) is 10.00 Å². The van der Waals surface area contributed by atoms with Crippen molar-refractivity contribution in [2.45, 2.75) is 77.0 Å². The Morgan fingerprint density at radius 2 is 1.93 bits per heavy atom. The van der Waals surface area contributed by atoms with E-state index in [1.54, 1.807) is 12.1 Å². The van der Waals surface area contributed by atoms with Crippen LogP contribution in [0, 0.1) is 17.2 Å². The van der Waals surface area contributed by atoms with Crippen molar-refractivity contribution in [3.63, 3.8) is 0 Å². The fourth-order valence-corrected chi connectivity index (χ4v) is 4.20. The summed E-state index contributed by atoms with van der Waals surface area (Å²) < 4.78 is 5.30. The van der Waals surface area contributed by atoms with Gasteiger partial charge in [-0.2, -0.15) is 5.26 Å². The van der Waals surface area contributed by atoms with Gasteiger partial charge in [0.1, 0.15) is 5.75 Å².